The third-order valence-corrected chi connectivity index (χ3v) is 3.28. The fourth-order valence-electron chi connectivity index (χ4n) is 2.16. The van der Waals surface area contributed by atoms with Crippen LogP contribution in [0.15, 0.2) is 24.4 Å². The molecule has 0 aromatic carbocycles. The average molecular weight is 312 g/mol. The van der Waals surface area contributed by atoms with Crippen LogP contribution in [0.5, 0.6) is 5.88 Å². The largest absolute Gasteiger partial charge is 0.481 e. The molecule has 1 amide bonds. The van der Waals surface area contributed by atoms with Crippen molar-refractivity contribution in [3.05, 3.63) is 47.2 Å². The summed E-state index contributed by atoms with van der Waals surface area (Å²) < 4.78 is 6.54. The highest BCUT2D eigenvalue weighted by atomic mass is 16.5. The minimum absolute atomic E-state index is 0.0904. The van der Waals surface area contributed by atoms with E-state index in [2.05, 4.69) is 25.4 Å². The molecule has 1 N–H and O–H groups in total. The van der Waals surface area contributed by atoms with Crippen LogP contribution in [0.3, 0.4) is 0 Å². The Balaban J connectivity index is 1.74. The van der Waals surface area contributed by atoms with Gasteiger partial charge in [0.2, 0.25) is 11.7 Å². The van der Waals surface area contributed by atoms with Crippen molar-refractivity contribution in [2.75, 3.05) is 7.11 Å². The second-order valence-corrected chi connectivity index (χ2v) is 5.08. The van der Waals surface area contributed by atoms with Gasteiger partial charge >= 0.3 is 0 Å². The van der Waals surface area contributed by atoms with Crippen LogP contribution in [-0.4, -0.2) is 37.6 Å². The van der Waals surface area contributed by atoms with Crippen LogP contribution in [0.25, 0.3) is 5.78 Å². The standard InChI is InChI=1S/C15H16N6O2/c1-9-6-10(2)21-15(18-9)19-13(20-21)14(22)17-8-11-4-5-12(23-3)16-7-11/h4-7H,8H2,1-3H3,(H,17,22). The molecule has 0 aliphatic heterocycles. The van der Waals surface area contributed by atoms with Gasteiger partial charge in [-0.25, -0.2) is 14.5 Å². The molecular formula is C15H16N6O2. The first-order chi connectivity index (χ1) is 11.1. The number of amides is 1. The zero-order valence-corrected chi connectivity index (χ0v) is 13.1. The Morgan fingerprint density at radius 1 is 1.30 bits per heavy atom. The lowest BCUT2D eigenvalue weighted by Crippen LogP contribution is -2.24. The quantitative estimate of drug-likeness (QED) is 0.774. The fraction of sp³-hybridized carbons (Fsp3) is 0.267. The zero-order valence-electron chi connectivity index (χ0n) is 13.1. The maximum atomic E-state index is 12.2. The van der Waals surface area contributed by atoms with Crippen molar-refractivity contribution >= 4 is 11.7 Å². The Morgan fingerprint density at radius 3 is 2.83 bits per heavy atom. The summed E-state index contributed by atoms with van der Waals surface area (Å²) in [7, 11) is 1.55. The molecule has 0 saturated carbocycles. The molecule has 0 atom stereocenters. The highest BCUT2D eigenvalue weighted by Gasteiger charge is 2.14. The number of carbonyl (C=O) groups excluding carboxylic acids is 1. The van der Waals surface area contributed by atoms with Gasteiger partial charge in [0.15, 0.2) is 0 Å². The van der Waals surface area contributed by atoms with Gasteiger partial charge < -0.3 is 10.1 Å². The van der Waals surface area contributed by atoms with Crippen molar-refractivity contribution in [2.24, 2.45) is 0 Å². The molecule has 0 spiro atoms. The number of carbonyl (C=O) groups is 1. The summed E-state index contributed by atoms with van der Waals surface area (Å²) in [5, 5.41) is 6.95. The molecule has 3 aromatic heterocycles. The molecule has 0 bridgehead atoms. The predicted octanol–water partition coefficient (Wildman–Crippen LogP) is 1.07. The van der Waals surface area contributed by atoms with Gasteiger partial charge in [-0.3, -0.25) is 4.79 Å². The van der Waals surface area contributed by atoms with Crippen LogP contribution in [-0.2, 0) is 6.54 Å². The molecule has 0 radical (unpaired) electrons. The fourth-order valence-corrected chi connectivity index (χ4v) is 2.16. The van der Waals surface area contributed by atoms with Crippen LogP contribution in [0.1, 0.15) is 27.6 Å². The molecule has 3 aromatic rings. The van der Waals surface area contributed by atoms with E-state index in [9.17, 15) is 4.79 Å². The monoisotopic (exact) mass is 312 g/mol. The number of hydrogen-bond donors (Lipinski definition) is 1. The van der Waals surface area contributed by atoms with Crippen LogP contribution < -0.4 is 10.1 Å². The second kappa shape index (κ2) is 5.99. The van der Waals surface area contributed by atoms with Crippen LogP contribution in [0.2, 0.25) is 0 Å². The van der Waals surface area contributed by atoms with E-state index in [1.54, 1.807) is 23.9 Å². The Hall–Kier alpha value is -3.03. The third-order valence-electron chi connectivity index (χ3n) is 3.28. The van der Waals surface area contributed by atoms with Gasteiger partial charge in [0.1, 0.15) is 0 Å². The number of nitrogens with zero attached hydrogens (tertiary/aromatic N) is 5. The Kier molecular flexibility index (Phi) is 3.88. The number of pyridine rings is 1. The van der Waals surface area contributed by atoms with E-state index in [4.69, 9.17) is 4.74 Å². The van der Waals surface area contributed by atoms with Gasteiger partial charge in [-0.05, 0) is 25.5 Å². The van der Waals surface area contributed by atoms with E-state index in [0.717, 1.165) is 17.0 Å². The number of nitrogens with one attached hydrogen (secondary N) is 1. The van der Waals surface area contributed by atoms with E-state index in [-0.39, 0.29) is 11.7 Å². The van der Waals surface area contributed by atoms with E-state index < -0.39 is 0 Å². The summed E-state index contributed by atoms with van der Waals surface area (Å²) in [5.74, 6) is 0.675. The highest BCUT2D eigenvalue weighted by molar-refractivity contribution is 5.90. The topological polar surface area (TPSA) is 94.3 Å². The molecular weight excluding hydrogens is 296 g/mol. The summed E-state index contributed by atoms with van der Waals surface area (Å²) in [5.41, 5.74) is 2.56. The van der Waals surface area contributed by atoms with Crippen molar-refractivity contribution in [3.8, 4) is 5.88 Å². The number of rotatable bonds is 4. The Morgan fingerprint density at radius 2 is 2.13 bits per heavy atom. The number of ether oxygens (including phenoxy) is 1. The summed E-state index contributed by atoms with van der Waals surface area (Å²) in [6.45, 7) is 4.09. The highest BCUT2D eigenvalue weighted by Crippen LogP contribution is 2.07. The summed E-state index contributed by atoms with van der Waals surface area (Å²) >= 11 is 0. The lowest BCUT2D eigenvalue weighted by molar-refractivity contribution is 0.0940. The maximum Gasteiger partial charge on any atom is 0.291 e. The number of hydrogen-bond acceptors (Lipinski definition) is 6. The van der Waals surface area contributed by atoms with Gasteiger partial charge in [0, 0.05) is 30.2 Å². The molecule has 3 rings (SSSR count). The number of aromatic nitrogens is 5. The molecule has 23 heavy (non-hydrogen) atoms. The van der Waals surface area contributed by atoms with E-state index >= 15 is 0 Å². The minimum Gasteiger partial charge on any atom is -0.481 e. The molecule has 3 heterocycles. The van der Waals surface area contributed by atoms with E-state index in [1.807, 2.05) is 26.0 Å². The Labute approximate surface area is 132 Å². The van der Waals surface area contributed by atoms with Crippen LogP contribution in [0.4, 0.5) is 0 Å². The van der Waals surface area contributed by atoms with Crippen molar-refractivity contribution in [1.82, 2.24) is 29.9 Å². The lowest BCUT2D eigenvalue weighted by atomic mass is 10.3. The third kappa shape index (κ3) is 3.10. The SMILES string of the molecule is COc1ccc(CNC(=O)c2nc3nc(C)cc(C)n3n2)cn1. The second-order valence-electron chi connectivity index (χ2n) is 5.08. The minimum atomic E-state index is -0.358. The normalized spacial score (nSPS) is 10.7. The summed E-state index contributed by atoms with van der Waals surface area (Å²) in [6, 6.07) is 5.45. The first-order valence-corrected chi connectivity index (χ1v) is 7.05. The summed E-state index contributed by atoms with van der Waals surface area (Å²) in [4.78, 5) is 24.7. The molecule has 0 unspecified atom stereocenters. The first-order valence-electron chi connectivity index (χ1n) is 7.05. The van der Waals surface area contributed by atoms with Gasteiger partial charge in [0.05, 0.1) is 7.11 Å². The van der Waals surface area contributed by atoms with Crippen molar-refractivity contribution in [2.45, 2.75) is 20.4 Å². The van der Waals surface area contributed by atoms with Crippen molar-refractivity contribution in [3.63, 3.8) is 0 Å². The molecule has 0 saturated heterocycles. The molecule has 0 fully saturated rings. The van der Waals surface area contributed by atoms with Crippen LogP contribution >= 0.6 is 0 Å². The number of fused-ring (bicyclic) bond motifs is 1. The molecule has 0 aliphatic carbocycles. The number of methoxy groups -OCH3 is 1. The number of aryl methyl sites for hydroxylation is 2. The molecule has 0 aliphatic rings. The maximum absolute atomic E-state index is 12.2. The zero-order chi connectivity index (χ0) is 16.4. The van der Waals surface area contributed by atoms with E-state index in [0.29, 0.717) is 18.2 Å². The molecule has 8 nitrogen and oxygen atoms in total. The van der Waals surface area contributed by atoms with Crippen molar-refractivity contribution < 1.29 is 9.53 Å². The van der Waals surface area contributed by atoms with Gasteiger partial charge in [-0.1, -0.05) is 6.07 Å². The first kappa shape index (κ1) is 14.9. The predicted molar refractivity (Wildman–Crippen MR) is 82.2 cm³/mol. The van der Waals surface area contributed by atoms with Gasteiger partial charge in [-0.15, -0.1) is 5.10 Å². The van der Waals surface area contributed by atoms with Gasteiger partial charge in [-0.2, -0.15) is 4.98 Å². The molecule has 8 heteroatoms. The average Bonchev–Trinajstić information content (AvgIpc) is 2.97. The smallest absolute Gasteiger partial charge is 0.291 e. The van der Waals surface area contributed by atoms with Gasteiger partial charge in [0.25, 0.3) is 11.7 Å². The van der Waals surface area contributed by atoms with E-state index in [1.165, 1.54) is 0 Å². The molecule has 118 valence electrons. The lowest BCUT2D eigenvalue weighted by Gasteiger charge is -2.03. The van der Waals surface area contributed by atoms with Crippen LogP contribution in [0, 0.1) is 13.8 Å². The van der Waals surface area contributed by atoms with Crippen molar-refractivity contribution in [1.29, 1.82) is 0 Å². The Bertz CT molecular complexity index is 856. The summed E-state index contributed by atoms with van der Waals surface area (Å²) in [6.07, 6.45) is 1.64.